The van der Waals surface area contributed by atoms with Gasteiger partial charge >= 0.3 is 0 Å². The molecule has 0 saturated carbocycles. The van der Waals surface area contributed by atoms with E-state index in [4.69, 9.17) is 0 Å². The van der Waals surface area contributed by atoms with Crippen molar-refractivity contribution in [2.75, 3.05) is 0 Å². The number of rotatable bonds is 4. The molecule has 2 aromatic heterocycles. The summed E-state index contributed by atoms with van der Waals surface area (Å²) in [5.74, 6) is -0.117. The summed E-state index contributed by atoms with van der Waals surface area (Å²) in [5, 5.41) is 3.87. The summed E-state index contributed by atoms with van der Waals surface area (Å²) in [6, 6.07) is 23.2. The highest BCUT2D eigenvalue weighted by molar-refractivity contribution is 6.07. The molecule has 0 aliphatic carbocycles. The maximum atomic E-state index is 13.0. The third kappa shape index (κ3) is 3.55. The summed E-state index contributed by atoms with van der Waals surface area (Å²) < 4.78 is 0. The van der Waals surface area contributed by atoms with Crippen LogP contribution in [0.3, 0.4) is 0 Å². The SMILES string of the molecule is Cc1ccccc1CNC(=O)c1cc(-c2ccccn2)nc2ccccc12. The molecule has 0 spiro atoms. The van der Waals surface area contributed by atoms with E-state index >= 15 is 0 Å². The van der Waals surface area contributed by atoms with Crippen molar-refractivity contribution in [3.8, 4) is 11.4 Å². The van der Waals surface area contributed by atoms with E-state index in [1.54, 1.807) is 6.20 Å². The van der Waals surface area contributed by atoms with Gasteiger partial charge in [0.15, 0.2) is 0 Å². The number of nitrogens with one attached hydrogen (secondary N) is 1. The highest BCUT2D eigenvalue weighted by Crippen LogP contribution is 2.23. The van der Waals surface area contributed by atoms with Gasteiger partial charge < -0.3 is 5.32 Å². The number of carbonyl (C=O) groups is 1. The van der Waals surface area contributed by atoms with E-state index in [0.29, 0.717) is 17.8 Å². The van der Waals surface area contributed by atoms with Crippen LogP contribution in [0, 0.1) is 6.92 Å². The highest BCUT2D eigenvalue weighted by atomic mass is 16.1. The van der Waals surface area contributed by atoms with E-state index in [1.807, 2.05) is 79.7 Å². The summed E-state index contributed by atoms with van der Waals surface area (Å²) in [5.41, 5.74) is 5.09. The first-order valence-corrected chi connectivity index (χ1v) is 8.86. The average Bonchev–Trinajstić information content (AvgIpc) is 2.73. The third-order valence-corrected chi connectivity index (χ3v) is 4.59. The van der Waals surface area contributed by atoms with Crippen LogP contribution in [-0.2, 0) is 6.54 Å². The Hall–Kier alpha value is -3.53. The second-order valence-corrected chi connectivity index (χ2v) is 6.40. The minimum absolute atomic E-state index is 0.117. The van der Waals surface area contributed by atoms with Gasteiger partial charge in [-0.25, -0.2) is 4.98 Å². The topological polar surface area (TPSA) is 54.9 Å². The lowest BCUT2D eigenvalue weighted by atomic mass is 10.0. The molecule has 27 heavy (non-hydrogen) atoms. The summed E-state index contributed by atoms with van der Waals surface area (Å²) in [7, 11) is 0. The van der Waals surface area contributed by atoms with Crippen molar-refractivity contribution in [2.24, 2.45) is 0 Å². The van der Waals surface area contributed by atoms with Crippen molar-refractivity contribution in [2.45, 2.75) is 13.5 Å². The zero-order chi connectivity index (χ0) is 18.6. The van der Waals surface area contributed by atoms with Gasteiger partial charge in [0, 0.05) is 18.1 Å². The second-order valence-electron chi connectivity index (χ2n) is 6.40. The number of nitrogens with zero attached hydrogens (tertiary/aromatic N) is 2. The molecule has 4 nitrogen and oxygen atoms in total. The molecule has 132 valence electrons. The first kappa shape index (κ1) is 16.9. The predicted octanol–water partition coefficient (Wildman–Crippen LogP) is 4.54. The standard InChI is InChI=1S/C23H19N3O/c1-16-8-2-3-9-17(16)15-25-23(27)19-14-22(21-12-6-7-13-24-21)26-20-11-5-4-10-18(19)20/h2-14H,15H2,1H3,(H,25,27). The Bertz CT molecular complexity index is 1110. The summed E-state index contributed by atoms with van der Waals surface area (Å²) in [6.45, 7) is 2.53. The maximum Gasteiger partial charge on any atom is 0.252 e. The molecule has 0 fully saturated rings. The number of fused-ring (bicyclic) bond motifs is 1. The third-order valence-electron chi connectivity index (χ3n) is 4.59. The van der Waals surface area contributed by atoms with Gasteiger partial charge in [-0.15, -0.1) is 0 Å². The van der Waals surface area contributed by atoms with Crippen molar-refractivity contribution in [3.05, 3.63) is 95.7 Å². The zero-order valence-electron chi connectivity index (χ0n) is 15.0. The zero-order valence-corrected chi connectivity index (χ0v) is 15.0. The molecule has 0 radical (unpaired) electrons. The first-order chi connectivity index (χ1) is 13.2. The van der Waals surface area contributed by atoms with Crippen molar-refractivity contribution < 1.29 is 4.79 Å². The van der Waals surface area contributed by atoms with E-state index in [2.05, 4.69) is 15.3 Å². The Morgan fingerprint density at radius 1 is 0.926 bits per heavy atom. The predicted molar refractivity (Wildman–Crippen MR) is 107 cm³/mol. The molecule has 2 aromatic carbocycles. The molecular weight excluding hydrogens is 334 g/mol. The number of aryl methyl sites for hydroxylation is 1. The van der Waals surface area contributed by atoms with E-state index < -0.39 is 0 Å². The van der Waals surface area contributed by atoms with Gasteiger partial charge in [-0.2, -0.15) is 0 Å². The van der Waals surface area contributed by atoms with E-state index in [1.165, 1.54) is 0 Å². The fraction of sp³-hybridized carbons (Fsp3) is 0.0870. The number of benzene rings is 2. The molecule has 0 aliphatic rings. The van der Waals surface area contributed by atoms with Gasteiger partial charge in [-0.1, -0.05) is 48.5 Å². The molecule has 4 rings (SSSR count). The summed E-state index contributed by atoms with van der Waals surface area (Å²) in [4.78, 5) is 22.0. The summed E-state index contributed by atoms with van der Waals surface area (Å²) >= 11 is 0. The molecule has 4 heteroatoms. The van der Waals surface area contributed by atoms with Gasteiger partial charge in [-0.05, 0) is 42.3 Å². The molecule has 0 aliphatic heterocycles. The quantitative estimate of drug-likeness (QED) is 0.586. The number of hydrogen-bond donors (Lipinski definition) is 1. The van der Waals surface area contributed by atoms with Gasteiger partial charge in [0.05, 0.1) is 22.5 Å². The lowest BCUT2D eigenvalue weighted by Crippen LogP contribution is -2.23. The Morgan fingerprint density at radius 3 is 2.52 bits per heavy atom. The number of para-hydroxylation sites is 1. The molecular formula is C23H19N3O. The molecule has 4 aromatic rings. The minimum atomic E-state index is -0.117. The van der Waals surface area contributed by atoms with Crippen LogP contribution < -0.4 is 5.32 Å². The number of carbonyl (C=O) groups excluding carboxylic acids is 1. The maximum absolute atomic E-state index is 13.0. The molecule has 1 amide bonds. The molecule has 0 bridgehead atoms. The first-order valence-electron chi connectivity index (χ1n) is 8.86. The monoisotopic (exact) mass is 353 g/mol. The molecule has 1 N–H and O–H groups in total. The van der Waals surface area contributed by atoms with Crippen molar-refractivity contribution >= 4 is 16.8 Å². The van der Waals surface area contributed by atoms with Crippen LogP contribution in [0.1, 0.15) is 21.5 Å². The molecule has 0 atom stereocenters. The number of amides is 1. The van der Waals surface area contributed by atoms with Gasteiger partial charge in [0.25, 0.3) is 5.91 Å². The normalized spacial score (nSPS) is 10.7. The lowest BCUT2D eigenvalue weighted by molar-refractivity contribution is 0.0952. The Kier molecular flexibility index (Phi) is 4.62. The molecule has 2 heterocycles. The average molecular weight is 353 g/mol. The van der Waals surface area contributed by atoms with E-state index in [-0.39, 0.29) is 5.91 Å². The summed E-state index contributed by atoms with van der Waals surface area (Å²) in [6.07, 6.45) is 1.73. The fourth-order valence-electron chi connectivity index (χ4n) is 3.09. The van der Waals surface area contributed by atoms with Crippen LogP contribution in [0.15, 0.2) is 79.0 Å². The molecule has 0 unspecified atom stereocenters. The smallest absolute Gasteiger partial charge is 0.252 e. The number of aromatic nitrogens is 2. The minimum Gasteiger partial charge on any atom is -0.348 e. The van der Waals surface area contributed by atoms with Crippen LogP contribution >= 0.6 is 0 Å². The number of pyridine rings is 2. The van der Waals surface area contributed by atoms with Crippen LogP contribution in [0.4, 0.5) is 0 Å². The van der Waals surface area contributed by atoms with Crippen molar-refractivity contribution in [1.82, 2.24) is 15.3 Å². The van der Waals surface area contributed by atoms with E-state index in [9.17, 15) is 4.79 Å². The van der Waals surface area contributed by atoms with Gasteiger partial charge in [0.2, 0.25) is 0 Å². The van der Waals surface area contributed by atoms with Gasteiger partial charge in [-0.3, -0.25) is 9.78 Å². The number of hydrogen-bond acceptors (Lipinski definition) is 3. The van der Waals surface area contributed by atoms with Crippen LogP contribution in [0.5, 0.6) is 0 Å². The largest absolute Gasteiger partial charge is 0.348 e. The Balaban J connectivity index is 1.71. The Morgan fingerprint density at radius 2 is 1.70 bits per heavy atom. The van der Waals surface area contributed by atoms with Crippen molar-refractivity contribution in [3.63, 3.8) is 0 Å². The molecule has 0 saturated heterocycles. The van der Waals surface area contributed by atoms with Gasteiger partial charge in [0.1, 0.15) is 0 Å². The van der Waals surface area contributed by atoms with Crippen LogP contribution in [-0.4, -0.2) is 15.9 Å². The lowest BCUT2D eigenvalue weighted by Gasteiger charge is -2.11. The highest BCUT2D eigenvalue weighted by Gasteiger charge is 2.14. The second kappa shape index (κ2) is 7.38. The van der Waals surface area contributed by atoms with E-state index in [0.717, 1.165) is 27.7 Å². The Labute approximate surface area is 157 Å². The van der Waals surface area contributed by atoms with Crippen molar-refractivity contribution in [1.29, 1.82) is 0 Å². The van der Waals surface area contributed by atoms with Crippen LogP contribution in [0.2, 0.25) is 0 Å². The van der Waals surface area contributed by atoms with Crippen LogP contribution in [0.25, 0.3) is 22.3 Å². The fourth-order valence-corrected chi connectivity index (χ4v) is 3.09.